The van der Waals surface area contributed by atoms with Crippen LogP contribution in [0.4, 0.5) is 4.39 Å². The van der Waals surface area contributed by atoms with Gasteiger partial charge in [0, 0.05) is 17.7 Å². The summed E-state index contributed by atoms with van der Waals surface area (Å²) in [5.41, 5.74) is 3.67. The van der Waals surface area contributed by atoms with Crippen molar-refractivity contribution in [2.45, 2.75) is 12.6 Å². The second-order valence-corrected chi connectivity index (χ2v) is 5.65. The van der Waals surface area contributed by atoms with Crippen LogP contribution in [-0.4, -0.2) is 23.5 Å². The molecule has 1 unspecified atom stereocenters. The van der Waals surface area contributed by atoms with E-state index in [1.807, 2.05) is 0 Å². The average Bonchev–Trinajstić information content (AvgIpc) is 2.83. The fourth-order valence-corrected chi connectivity index (χ4v) is 2.77. The Bertz CT molecular complexity index is 622. The SMILES string of the molecule is COCCn1ncc(Br)c1C(NN)c1cc(Cl)ccc1F. The van der Waals surface area contributed by atoms with E-state index in [2.05, 4.69) is 26.5 Å². The van der Waals surface area contributed by atoms with E-state index in [1.54, 1.807) is 24.1 Å². The van der Waals surface area contributed by atoms with Gasteiger partial charge in [0.2, 0.25) is 0 Å². The molecule has 2 rings (SSSR count). The molecule has 5 nitrogen and oxygen atoms in total. The zero-order valence-electron chi connectivity index (χ0n) is 11.3. The quantitative estimate of drug-likeness (QED) is 0.600. The highest BCUT2D eigenvalue weighted by Crippen LogP contribution is 2.31. The third-order valence-corrected chi connectivity index (χ3v) is 3.90. The largest absolute Gasteiger partial charge is 0.383 e. The van der Waals surface area contributed by atoms with Crippen molar-refractivity contribution in [1.29, 1.82) is 0 Å². The number of benzene rings is 1. The predicted octanol–water partition coefficient (Wildman–Crippen LogP) is 2.64. The van der Waals surface area contributed by atoms with Crippen LogP contribution in [0.5, 0.6) is 0 Å². The van der Waals surface area contributed by atoms with E-state index in [1.165, 1.54) is 12.1 Å². The van der Waals surface area contributed by atoms with Crippen LogP contribution in [0, 0.1) is 5.82 Å². The molecule has 21 heavy (non-hydrogen) atoms. The molecule has 0 amide bonds. The minimum absolute atomic E-state index is 0.352. The van der Waals surface area contributed by atoms with Crippen molar-refractivity contribution < 1.29 is 9.13 Å². The van der Waals surface area contributed by atoms with Crippen LogP contribution in [-0.2, 0) is 11.3 Å². The highest BCUT2D eigenvalue weighted by molar-refractivity contribution is 9.10. The van der Waals surface area contributed by atoms with Gasteiger partial charge in [-0.3, -0.25) is 10.5 Å². The summed E-state index contributed by atoms with van der Waals surface area (Å²) in [6.07, 6.45) is 1.64. The van der Waals surface area contributed by atoms with E-state index < -0.39 is 11.9 Å². The molecule has 0 spiro atoms. The first kappa shape index (κ1) is 16.4. The molecule has 2 aromatic rings. The molecular formula is C13H15BrClFN4O. The maximum Gasteiger partial charge on any atom is 0.128 e. The molecule has 114 valence electrons. The summed E-state index contributed by atoms with van der Waals surface area (Å²) in [5.74, 6) is 5.23. The Labute approximate surface area is 135 Å². The van der Waals surface area contributed by atoms with Crippen LogP contribution in [0.1, 0.15) is 17.3 Å². The Morgan fingerprint density at radius 1 is 1.57 bits per heavy atom. The van der Waals surface area contributed by atoms with Gasteiger partial charge in [-0.05, 0) is 34.1 Å². The Balaban J connectivity index is 2.46. The van der Waals surface area contributed by atoms with Gasteiger partial charge in [-0.15, -0.1) is 0 Å². The number of nitrogens with one attached hydrogen (secondary N) is 1. The molecule has 0 aliphatic rings. The van der Waals surface area contributed by atoms with E-state index >= 15 is 0 Å². The van der Waals surface area contributed by atoms with Gasteiger partial charge in [0.1, 0.15) is 5.82 Å². The molecule has 0 bridgehead atoms. The van der Waals surface area contributed by atoms with Crippen LogP contribution in [0.25, 0.3) is 0 Å². The Kier molecular flexibility index (Phi) is 5.72. The third-order valence-electron chi connectivity index (χ3n) is 3.05. The van der Waals surface area contributed by atoms with E-state index in [9.17, 15) is 4.39 Å². The normalized spacial score (nSPS) is 12.6. The summed E-state index contributed by atoms with van der Waals surface area (Å²) < 4.78 is 21.6. The molecule has 0 saturated heterocycles. The Hall–Kier alpha value is -0.990. The van der Waals surface area contributed by atoms with Gasteiger partial charge in [0.05, 0.1) is 35.6 Å². The zero-order chi connectivity index (χ0) is 15.4. The van der Waals surface area contributed by atoms with Gasteiger partial charge >= 0.3 is 0 Å². The minimum Gasteiger partial charge on any atom is -0.383 e. The number of hydrazine groups is 1. The van der Waals surface area contributed by atoms with Gasteiger partial charge in [0.15, 0.2) is 0 Å². The second-order valence-electron chi connectivity index (χ2n) is 4.36. The molecule has 1 aromatic heterocycles. The monoisotopic (exact) mass is 376 g/mol. The van der Waals surface area contributed by atoms with Crippen molar-refractivity contribution in [3.63, 3.8) is 0 Å². The number of rotatable bonds is 6. The van der Waals surface area contributed by atoms with Crippen LogP contribution >= 0.6 is 27.5 Å². The van der Waals surface area contributed by atoms with Crippen LogP contribution in [0.2, 0.25) is 5.02 Å². The van der Waals surface area contributed by atoms with Gasteiger partial charge < -0.3 is 4.74 Å². The van der Waals surface area contributed by atoms with Crippen molar-refractivity contribution in [3.8, 4) is 0 Å². The maximum atomic E-state index is 14.1. The standard InChI is InChI=1S/C13H15BrClFN4O/c1-21-5-4-20-13(10(14)7-18-20)12(19-17)9-6-8(15)2-3-11(9)16/h2-3,6-7,12,19H,4-5,17H2,1H3. The number of hydrogen-bond acceptors (Lipinski definition) is 4. The first-order valence-corrected chi connectivity index (χ1v) is 7.36. The van der Waals surface area contributed by atoms with Crippen molar-refractivity contribution in [2.24, 2.45) is 5.84 Å². The molecule has 1 aromatic carbocycles. The van der Waals surface area contributed by atoms with Gasteiger partial charge in [0.25, 0.3) is 0 Å². The molecule has 1 atom stereocenters. The lowest BCUT2D eigenvalue weighted by Gasteiger charge is -2.19. The summed E-state index contributed by atoms with van der Waals surface area (Å²) in [7, 11) is 1.60. The Morgan fingerprint density at radius 2 is 2.33 bits per heavy atom. The molecule has 0 fully saturated rings. The molecule has 0 saturated carbocycles. The van der Waals surface area contributed by atoms with E-state index in [0.717, 1.165) is 4.47 Å². The van der Waals surface area contributed by atoms with Crippen molar-refractivity contribution in [3.05, 3.63) is 51.0 Å². The van der Waals surface area contributed by atoms with Crippen molar-refractivity contribution in [2.75, 3.05) is 13.7 Å². The van der Waals surface area contributed by atoms with Crippen molar-refractivity contribution in [1.82, 2.24) is 15.2 Å². The molecule has 0 radical (unpaired) electrons. The maximum absolute atomic E-state index is 14.1. The highest BCUT2D eigenvalue weighted by Gasteiger charge is 2.23. The number of methoxy groups -OCH3 is 1. The smallest absolute Gasteiger partial charge is 0.128 e. The fourth-order valence-electron chi connectivity index (χ4n) is 2.07. The lowest BCUT2D eigenvalue weighted by atomic mass is 10.0. The topological polar surface area (TPSA) is 65.1 Å². The lowest BCUT2D eigenvalue weighted by molar-refractivity contribution is 0.182. The molecule has 0 aliphatic heterocycles. The first-order valence-electron chi connectivity index (χ1n) is 6.19. The number of nitrogens with two attached hydrogens (primary N) is 1. The summed E-state index contributed by atoms with van der Waals surface area (Å²) >= 11 is 9.37. The summed E-state index contributed by atoms with van der Waals surface area (Å²) in [4.78, 5) is 0. The van der Waals surface area contributed by atoms with E-state index in [4.69, 9.17) is 22.2 Å². The fraction of sp³-hybridized carbons (Fsp3) is 0.308. The van der Waals surface area contributed by atoms with Crippen LogP contribution in [0.3, 0.4) is 0 Å². The van der Waals surface area contributed by atoms with Gasteiger partial charge in [-0.2, -0.15) is 5.10 Å². The summed E-state index contributed by atoms with van der Waals surface area (Å²) in [6.45, 7) is 1.01. The molecule has 1 heterocycles. The molecule has 8 heteroatoms. The van der Waals surface area contributed by atoms with Crippen LogP contribution < -0.4 is 11.3 Å². The minimum atomic E-state index is -0.586. The Morgan fingerprint density at radius 3 is 3.00 bits per heavy atom. The molecule has 3 N–H and O–H groups in total. The third kappa shape index (κ3) is 3.61. The number of ether oxygens (including phenoxy) is 1. The van der Waals surface area contributed by atoms with Gasteiger partial charge in [-0.25, -0.2) is 9.82 Å². The number of hydrogen-bond donors (Lipinski definition) is 2. The van der Waals surface area contributed by atoms with Crippen molar-refractivity contribution >= 4 is 27.5 Å². The van der Waals surface area contributed by atoms with Gasteiger partial charge in [-0.1, -0.05) is 11.6 Å². The summed E-state index contributed by atoms with van der Waals surface area (Å²) in [5, 5.41) is 4.67. The summed E-state index contributed by atoms with van der Waals surface area (Å²) in [6, 6.07) is 3.76. The first-order chi connectivity index (χ1) is 10.1. The molecular weight excluding hydrogens is 363 g/mol. The number of halogens is 3. The number of nitrogens with zero attached hydrogens (tertiary/aromatic N) is 2. The average molecular weight is 378 g/mol. The number of aromatic nitrogens is 2. The molecule has 0 aliphatic carbocycles. The van der Waals surface area contributed by atoms with Crippen LogP contribution in [0.15, 0.2) is 28.9 Å². The van der Waals surface area contributed by atoms with E-state index in [0.29, 0.717) is 29.4 Å². The highest BCUT2D eigenvalue weighted by atomic mass is 79.9. The van der Waals surface area contributed by atoms with E-state index in [-0.39, 0.29) is 0 Å². The predicted molar refractivity (Wildman–Crippen MR) is 82.4 cm³/mol. The lowest BCUT2D eigenvalue weighted by Crippen LogP contribution is -2.32. The second kappa shape index (κ2) is 7.33. The zero-order valence-corrected chi connectivity index (χ0v) is 13.7.